The van der Waals surface area contributed by atoms with Crippen LogP contribution in [0.2, 0.25) is 0 Å². The first-order chi connectivity index (χ1) is 16.6. The van der Waals surface area contributed by atoms with E-state index < -0.39 is 39.6 Å². The molecule has 3 aliphatic heterocycles. The molecule has 0 aromatic heterocycles. The zero-order chi connectivity index (χ0) is 25.6. The number of amides is 5. The number of thioether (sulfide) groups is 1. The molecule has 0 aromatic carbocycles. The molecule has 35 heavy (non-hydrogen) atoms. The summed E-state index contributed by atoms with van der Waals surface area (Å²) in [5.41, 5.74) is 0. The first-order valence-corrected chi connectivity index (χ1v) is 14.1. The fourth-order valence-electron chi connectivity index (χ4n) is 4.22. The maximum atomic E-state index is 12.0. The van der Waals surface area contributed by atoms with Crippen molar-refractivity contribution >= 4 is 51.6 Å². The summed E-state index contributed by atoms with van der Waals surface area (Å²) in [6.07, 6.45) is 3.76. The molecule has 15 heteroatoms. The highest BCUT2D eigenvalue weighted by Crippen LogP contribution is 2.33. The number of hydrogen-bond donors (Lipinski definition) is 4. The molecule has 13 nitrogen and oxygen atoms in total. The van der Waals surface area contributed by atoms with Gasteiger partial charge >= 0.3 is 12.0 Å². The van der Waals surface area contributed by atoms with Gasteiger partial charge in [0.05, 0.1) is 18.5 Å². The second kappa shape index (κ2) is 12.0. The van der Waals surface area contributed by atoms with Gasteiger partial charge in [-0.1, -0.05) is 12.8 Å². The lowest BCUT2D eigenvalue weighted by Crippen LogP contribution is -2.36. The summed E-state index contributed by atoms with van der Waals surface area (Å²) in [5, 5.41) is 7.20. The van der Waals surface area contributed by atoms with Crippen molar-refractivity contribution < 1.29 is 41.8 Å². The van der Waals surface area contributed by atoms with Gasteiger partial charge in [0.15, 0.2) is 5.25 Å². The first kappa shape index (κ1) is 27.2. The van der Waals surface area contributed by atoms with Crippen LogP contribution in [0.1, 0.15) is 57.8 Å². The van der Waals surface area contributed by atoms with E-state index in [0.29, 0.717) is 37.5 Å². The van der Waals surface area contributed by atoms with Crippen molar-refractivity contribution in [3.63, 3.8) is 0 Å². The van der Waals surface area contributed by atoms with E-state index in [1.54, 1.807) is 0 Å². The van der Waals surface area contributed by atoms with Crippen LogP contribution >= 0.6 is 11.8 Å². The zero-order valence-electron chi connectivity index (χ0n) is 19.1. The maximum absolute atomic E-state index is 12.0. The van der Waals surface area contributed by atoms with Crippen LogP contribution in [0.3, 0.4) is 0 Å². The Labute approximate surface area is 207 Å². The van der Waals surface area contributed by atoms with Gasteiger partial charge in [-0.3, -0.25) is 18.9 Å². The predicted molar refractivity (Wildman–Crippen MR) is 123 cm³/mol. The Kier molecular flexibility index (Phi) is 9.35. The van der Waals surface area contributed by atoms with Crippen LogP contribution in [0.15, 0.2) is 0 Å². The van der Waals surface area contributed by atoms with Crippen molar-refractivity contribution in [1.29, 1.82) is 0 Å². The average Bonchev–Trinajstić information content (AvgIpc) is 3.41. The molecule has 4 atom stereocenters. The van der Waals surface area contributed by atoms with E-state index in [9.17, 15) is 32.4 Å². The van der Waals surface area contributed by atoms with Crippen LogP contribution in [0.25, 0.3) is 0 Å². The zero-order valence-corrected chi connectivity index (χ0v) is 20.7. The Bertz CT molecular complexity index is 958. The van der Waals surface area contributed by atoms with Crippen LogP contribution in [-0.2, 0) is 34.1 Å². The molecule has 196 valence electrons. The van der Waals surface area contributed by atoms with E-state index in [2.05, 4.69) is 20.8 Å². The Morgan fingerprint density at radius 3 is 2.54 bits per heavy atom. The Balaban J connectivity index is 1.19. The van der Waals surface area contributed by atoms with Gasteiger partial charge in [0.25, 0.3) is 21.9 Å². The number of rotatable bonds is 13. The van der Waals surface area contributed by atoms with Crippen molar-refractivity contribution in [2.75, 3.05) is 12.3 Å². The molecule has 4 N–H and O–H groups in total. The number of fused-ring (bicyclic) bond motifs is 1. The summed E-state index contributed by atoms with van der Waals surface area (Å²) in [4.78, 5) is 63.3. The van der Waals surface area contributed by atoms with Crippen molar-refractivity contribution in [3.8, 4) is 0 Å². The summed E-state index contributed by atoms with van der Waals surface area (Å²) in [6, 6.07) is 0.265. The number of nitrogens with zero attached hydrogens (tertiary/aromatic N) is 1. The lowest BCUT2D eigenvalue weighted by atomic mass is 10.0. The number of carbonyl (C=O) groups excluding carboxylic acids is 5. The van der Waals surface area contributed by atoms with E-state index in [1.165, 1.54) is 0 Å². The topological polar surface area (TPSA) is 188 Å². The smallest absolute Gasteiger partial charge is 0.333 e. The van der Waals surface area contributed by atoms with E-state index in [4.69, 9.17) is 4.55 Å². The van der Waals surface area contributed by atoms with Gasteiger partial charge in [-0.05, 0) is 25.7 Å². The number of unbranched alkanes of at least 4 members (excludes halogenated alkanes) is 3. The third kappa shape index (κ3) is 7.54. The number of imide groups is 1. The third-order valence-corrected chi connectivity index (χ3v) is 8.67. The standard InChI is InChI=1S/C20H30N4O9S2/c25-15(7-4-3-6-13-18-12(11-34-13)22-20(29)23-18)21-9-5-1-2-8-17(27)33-24-16(26)10-14(19(24)28)35(30,31)32/h12-14,18H,1-11H2,(H,21,25)(H2,22,23,29)(H,30,31,32)/t12-,13+,14+,18-/m0/s1. The molecule has 0 aliphatic carbocycles. The summed E-state index contributed by atoms with van der Waals surface area (Å²) in [7, 11) is -4.76. The summed E-state index contributed by atoms with van der Waals surface area (Å²) < 4.78 is 31.1. The van der Waals surface area contributed by atoms with Gasteiger partial charge < -0.3 is 20.8 Å². The van der Waals surface area contributed by atoms with Crippen LogP contribution < -0.4 is 16.0 Å². The molecule has 0 spiro atoms. The molecule has 3 heterocycles. The molecular weight excluding hydrogens is 504 g/mol. The number of nitrogens with one attached hydrogen (secondary N) is 3. The molecule has 0 unspecified atom stereocenters. The Morgan fingerprint density at radius 1 is 1.09 bits per heavy atom. The molecular formula is C20H30N4O9S2. The summed E-state index contributed by atoms with van der Waals surface area (Å²) in [6.45, 7) is 0.451. The molecule has 0 aromatic rings. The molecule has 0 saturated carbocycles. The number of urea groups is 1. The highest BCUT2D eigenvalue weighted by Gasteiger charge is 2.48. The maximum Gasteiger partial charge on any atom is 0.333 e. The molecule has 0 bridgehead atoms. The number of hydrogen-bond acceptors (Lipinski definition) is 9. The lowest BCUT2D eigenvalue weighted by Gasteiger charge is -2.16. The van der Waals surface area contributed by atoms with Gasteiger partial charge in [0.1, 0.15) is 0 Å². The molecule has 3 rings (SSSR count). The normalized spacial score (nSPS) is 25.9. The highest BCUT2D eigenvalue weighted by molar-refractivity contribution is 8.00. The van der Waals surface area contributed by atoms with Gasteiger partial charge in [0, 0.05) is 30.4 Å². The molecule has 0 radical (unpaired) electrons. The van der Waals surface area contributed by atoms with E-state index in [0.717, 1.165) is 25.0 Å². The average molecular weight is 535 g/mol. The predicted octanol–water partition coefficient (Wildman–Crippen LogP) is -0.138. The summed E-state index contributed by atoms with van der Waals surface area (Å²) >= 11 is 1.85. The molecule has 3 fully saturated rings. The quantitative estimate of drug-likeness (QED) is 0.107. The fourth-order valence-corrected chi connectivity index (χ4v) is 6.47. The van der Waals surface area contributed by atoms with E-state index in [-0.39, 0.29) is 35.5 Å². The van der Waals surface area contributed by atoms with Crippen LogP contribution in [0, 0.1) is 0 Å². The number of hydroxylamine groups is 2. The first-order valence-electron chi connectivity index (χ1n) is 11.6. The minimum atomic E-state index is -4.76. The SMILES string of the molecule is O=C(CCCC[C@H]1SC[C@@H]2NC(=O)N[C@@H]21)NCCCCCC(=O)ON1C(=O)C[C@@H](S(=O)(=O)O)C1=O. The van der Waals surface area contributed by atoms with Crippen molar-refractivity contribution in [1.82, 2.24) is 21.0 Å². The van der Waals surface area contributed by atoms with Gasteiger partial charge in [-0.15, -0.1) is 5.06 Å². The van der Waals surface area contributed by atoms with Crippen LogP contribution in [0.5, 0.6) is 0 Å². The summed E-state index contributed by atoms with van der Waals surface area (Å²) in [5.74, 6) is -2.30. The van der Waals surface area contributed by atoms with Gasteiger partial charge in [0.2, 0.25) is 5.91 Å². The number of carbonyl (C=O) groups is 5. The van der Waals surface area contributed by atoms with E-state index >= 15 is 0 Å². The van der Waals surface area contributed by atoms with Crippen LogP contribution in [0.4, 0.5) is 4.79 Å². The fraction of sp³-hybridized carbons (Fsp3) is 0.750. The van der Waals surface area contributed by atoms with Gasteiger partial charge in [-0.2, -0.15) is 20.2 Å². The third-order valence-electron chi connectivity index (χ3n) is 6.08. The second-order valence-corrected chi connectivity index (χ2v) is 11.6. The Morgan fingerprint density at radius 2 is 1.83 bits per heavy atom. The lowest BCUT2D eigenvalue weighted by molar-refractivity contribution is -0.197. The van der Waals surface area contributed by atoms with Crippen molar-refractivity contribution in [2.45, 2.75) is 80.4 Å². The minimum Gasteiger partial charge on any atom is -0.356 e. The van der Waals surface area contributed by atoms with Crippen molar-refractivity contribution in [3.05, 3.63) is 0 Å². The largest absolute Gasteiger partial charge is 0.356 e. The minimum absolute atomic E-state index is 0.0448. The van der Waals surface area contributed by atoms with Gasteiger partial charge in [-0.25, -0.2) is 9.59 Å². The van der Waals surface area contributed by atoms with Crippen LogP contribution in [-0.4, -0.2) is 82.6 Å². The second-order valence-electron chi connectivity index (χ2n) is 8.73. The molecule has 5 amide bonds. The molecule has 3 aliphatic rings. The molecule has 3 saturated heterocycles. The highest BCUT2D eigenvalue weighted by atomic mass is 32.2. The van der Waals surface area contributed by atoms with E-state index in [1.807, 2.05) is 11.8 Å². The monoisotopic (exact) mass is 534 g/mol. The van der Waals surface area contributed by atoms with Crippen molar-refractivity contribution in [2.24, 2.45) is 0 Å². The Hall–Kier alpha value is -2.39.